The first-order valence-corrected chi connectivity index (χ1v) is 10.8. The van der Waals surface area contributed by atoms with Crippen LogP contribution in [0.15, 0.2) is 54.6 Å². The van der Waals surface area contributed by atoms with E-state index in [2.05, 4.69) is 0 Å². The standard InChI is InChI=1S/C25H28F3NO4/c1-24(2,3)33-23(31)29-15-19(13-17-9-11-20(12-10-17)25(26,27)28)14-21(29)22(30)32-16-18-7-5-4-6-8-18/h4-12,19,21H,13-16H2,1-3H3/t19-,21+/m1/s1. The average Bonchev–Trinajstić information content (AvgIpc) is 3.15. The molecule has 5 nitrogen and oxygen atoms in total. The van der Waals surface area contributed by atoms with Crippen molar-refractivity contribution in [2.24, 2.45) is 5.92 Å². The summed E-state index contributed by atoms with van der Waals surface area (Å²) in [4.78, 5) is 27.0. The first-order valence-electron chi connectivity index (χ1n) is 10.8. The summed E-state index contributed by atoms with van der Waals surface area (Å²) in [6.45, 7) is 5.55. The van der Waals surface area contributed by atoms with Gasteiger partial charge < -0.3 is 9.47 Å². The molecule has 1 fully saturated rings. The molecular weight excluding hydrogens is 435 g/mol. The van der Waals surface area contributed by atoms with E-state index < -0.39 is 35.4 Å². The summed E-state index contributed by atoms with van der Waals surface area (Å²) in [5.74, 6) is -0.650. The van der Waals surface area contributed by atoms with Crippen LogP contribution in [0.25, 0.3) is 0 Å². The Hall–Kier alpha value is -3.03. The lowest BCUT2D eigenvalue weighted by Crippen LogP contribution is -2.44. The van der Waals surface area contributed by atoms with Crippen molar-refractivity contribution in [1.29, 1.82) is 0 Å². The Morgan fingerprint density at radius 1 is 0.970 bits per heavy atom. The lowest BCUT2D eigenvalue weighted by molar-refractivity contribution is -0.150. The summed E-state index contributed by atoms with van der Waals surface area (Å²) in [6, 6.07) is 13.3. The van der Waals surface area contributed by atoms with Gasteiger partial charge in [0, 0.05) is 6.54 Å². The van der Waals surface area contributed by atoms with E-state index in [4.69, 9.17) is 9.47 Å². The maximum absolute atomic E-state index is 12.9. The van der Waals surface area contributed by atoms with Crippen LogP contribution in [0.2, 0.25) is 0 Å². The van der Waals surface area contributed by atoms with Crippen molar-refractivity contribution in [3.63, 3.8) is 0 Å². The predicted molar refractivity (Wildman–Crippen MR) is 116 cm³/mol. The number of alkyl halides is 3. The van der Waals surface area contributed by atoms with Crippen molar-refractivity contribution in [1.82, 2.24) is 4.90 Å². The third-order valence-corrected chi connectivity index (χ3v) is 5.32. The van der Waals surface area contributed by atoms with Crippen molar-refractivity contribution in [3.8, 4) is 0 Å². The van der Waals surface area contributed by atoms with Crippen LogP contribution in [0.5, 0.6) is 0 Å². The molecule has 0 aromatic heterocycles. The highest BCUT2D eigenvalue weighted by Gasteiger charge is 2.42. The van der Waals surface area contributed by atoms with E-state index in [1.54, 1.807) is 20.8 Å². The molecule has 0 spiro atoms. The minimum atomic E-state index is -4.40. The number of likely N-dealkylation sites (tertiary alicyclic amines) is 1. The van der Waals surface area contributed by atoms with E-state index in [-0.39, 0.29) is 19.1 Å². The van der Waals surface area contributed by atoms with Crippen molar-refractivity contribution < 1.29 is 32.2 Å². The number of carbonyl (C=O) groups excluding carboxylic acids is 2. The number of rotatable bonds is 5. The maximum Gasteiger partial charge on any atom is 0.416 e. The molecule has 0 bridgehead atoms. The van der Waals surface area contributed by atoms with Crippen molar-refractivity contribution >= 4 is 12.1 Å². The van der Waals surface area contributed by atoms with Gasteiger partial charge in [0.25, 0.3) is 0 Å². The number of nitrogens with zero attached hydrogens (tertiary/aromatic N) is 1. The van der Waals surface area contributed by atoms with Crippen LogP contribution in [0.3, 0.4) is 0 Å². The summed E-state index contributed by atoms with van der Waals surface area (Å²) in [6.07, 6.45) is -4.24. The SMILES string of the molecule is CC(C)(C)OC(=O)N1C[C@H](Cc2ccc(C(F)(F)F)cc2)C[C@H]1C(=O)OCc1ccccc1. The number of hydrogen-bond donors (Lipinski definition) is 0. The second-order valence-electron chi connectivity index (χ2n) is 9.24. The molecule has 1 aliphatic heterocycles. The van der Waals surface area contributed by atoms with Gasteiger partial charge in [-0.15, -0.1) is 0 Å². The Bertz CT molecular complexity index is 952. The summed E-state index contributed by atoms with van der Waals surface area (Å²) in [5, 5.41) is 0. The molecule has 178 valence electrons. The molecule has 1 saturated heterocycles. The fourth-order valence-corrected chi connectivity index (χ4v) is 3.80. The molecule has 0 radical (unpaired) electrons. The first-order chi connectivity index (χ1) is 15.4. The summed E-state index contributed by atoms with van der Waals surface area (Å²) < 4.78 is 49.4. The number of benzene rings is 2. The summed E-state index contributed by atoms with van der Waals surface area (Å²) >= 11 is 0. The fraction of sp³-hybridized carbons (Fsp3) is 0.440. The van der Waals surface area contributed by atoms with Crippen molar-refractivity contribution in [2.75, 3.05) is 6.54 Å². The summed E-state index contributed by atoms with van der Waals surface area (Å²) in [5.41, 5.74) is 0.0843. The van der Waals surface area contributed by atoms with E-state index in [9.17, 15) is 22.8 Å². The minimum absolute atomic E-state index is 0.0852. The normalized spacial score (nSPS) is 18.8. The van der Waals surface area contributed by atoms with Crippen LogP contribution < -0.4 is 0 Å². The van der Waals surface area contributed by atoms with Crippen LogP contribution >= 0.6 is 0 Å². The molecule has 0 saturated carbocycles. The number of ether oxygens (including phenoxy) is 2. The molecule has 1 heterocycles. The molecule has 3 rings (SSSR count). The molecule has 2 atom stereocenters. The maximum atomic E-state index is 12.9. The number of halogens is 3. The molecule has 1 aliphatic rings. The van der Waals surface area contributed by atoms with Gasteiger partial charge in [-0.2, -0.15) is 13.2 Å². The van der Waals surface area contributed by atoms with E-state index in [1.807, 2.05) is 30.3 Å². The number of esters is 1. The van der Waals surface area contributed by atoms with Crippen LogP contribution in [0.1, 0.15) is 43.9 Å². The molecule has 33 heavy (non-hydrogen) atoms. The molecule has 0 N–H and O–H groups in total. The quantitative estimate of drug-likeness (QED) is 0.541. The van der Waals surface area contributed by atoms with Gasteiger partial charge in [0.05, 0.1) is 5.56 Å². The number of amides is 1. The molecule has 0 unspecified atom stereocenters. The van der Waals surface area contributed by atoms with Gasteiger partial charge >= 0.3 is 18.2 Å². The van der Waals surface area contributed by atoms with Gasteiger partial charge in [0.15, 0.2) is 0 Å². The van der Waals surface area contributed by atoms with Gasteiger partial charge in [-0.1, -0.05) is 42.5 Å². The Labute approximate surface area is 191 Å². The smallest absolute Gasteiger partial charge is 0.416 e. The average molecular weight is 463 g/mol. The molecule has 8 heteroatoms. The molecule has 1 amide bonds. The third kappa shape index (κ3) is 6.97. The molecule has 0 aliphatic carbocycles. The van der Waals surface area contributed by atoms with E-state index in [1.165, 1.54) is 17.0 Å². The number of hydrogen-bond acceptors (Lipinski definition) is 4. The van der Waals surface area contributed by atoms with E-state index in [0.29, 0.717) is 18.4 Å². The van der Waals surface area contributed by atoms with Crippen LogP contribution in [-0.2, 0) is 33.5 Å². The Balaban J connectivity index is 1.70. The Morgan fingerprint density at radius 3 is 2.18 bits per heavy atom. The lowest BCUT2D eigenvalue weighted by atomic mass is 9.96. The Kier molecular flexibility index (Phi) is 7.34. The second kappa shape index (κ2) is 9.85. The van der Waals surface area contributed by atoms with Gasteiger partial charge in [0.1, 0.15) is 18.2 Å². The monoisotopic (exact) mass is 463 g/mol. The van der Waals surface area contributed by atoms with Gasteiger partial charge in [-0.3, -0.25) is 4.90 Å². The van der Waals surface area contributed by atoms with Crippen molar-refractivity contribution in [2.45, 2.75) is 58.0 Å². The molecule has 2 aromatic rings. The van der Waals surface area contributed by atoms with Gasteiger partial charge in [-0.25, -0.2) is 9.59 Å². The highest BCUT2D eigenvalue weighted by molar-refractivity contribution is 5.82. The first kappa shape index (κ1) is 24.6. The lowest BCUT2D eigenvalue weighted by Gasteiger charge is -2.27. The van der Waals surface area contributed by atoms with Crippen molar-refractivity contribution in [3.05, 3.63) is 71.3 Å². The zero-order chi connectivity index (χ0) is 24.2. The number of carbonyl (C=O) groups is 2. The fourth-order valence-electron chi connectivity index (χ4n) is 3.80. The van der Waals surface area contributed by atoms with Gasteiger partial charge in [0.2, 0.25) is 0 Å². The Morgan fingerprint density at radius 2 is 1.61 bits per heavy atom. The largest absolute Gasteiger partial charge is 0.459 e. The molecular formula is C25H28F3NO4. The predicted octanol–water partition coefficient (Wildman–Crippen LogP) is 5.62. The van der Waals surface area contributed by atoms with E-state index >= 15 is 0 Å². The minimum Gasteiger partial charge on any atom is -0.459 e. The highest BCUT2D eigenvalue weighted by atomic mass is 19.4. The zero-order valence-electron chi connectivity index (χ0n) is 18.9. The zero-order valence-corrected chi connectivity index (χ0v) is 18.9. The topological polar surface area (TPSA) is 55.8 Å². The highest BCUT2D eigenvalue weighted by Crippen LogP contribution is 2.32. The molecule has 2 aromatic carbocycles. The third-order valence-electron chi connectivity index (χ3n) is 5.32. The second-order valence-corrected chi connectivity index (χ2v) is 9.24. The van der Waals surface area contributed by atoms with Gasteiger partial charge in [-0.05, 0) is 62.8 Å². The van der Waals surface area contributed by atoms with Crippen LogP contribution in [-0.4, -0.2) is 35.2 Å². The van der Waals surface area contributed by atoms with E-state index in [0.717, 1.165) is 17.7 Å². The summed E-state index contributed by atoms with van der Waals surface area (Å²) in [7, 11) is 0. The van der Waals surface area contributed by atoms with Crippen LogP contribution in [0, 0.1) is 5.92 Å². The van der Waals surface area contributed by atoms with Crippen LogP contribution in [0.4, 0.5) is 18.0 Å².